The Morgan fingerprint density at radius 1 is 1.06 bits per heavy atom. The van der Waals surface area contributed by atoms with Crippen molar-refractivity contribution in [1.29, 1.82) is 0 Å². The lowest BCUT2D eigenvalue weighted by molar-refractivity contribution is -0.0169. The van der Waals surface area contributed by atoms with Crippen LogP contribution in [0.2, 0.25) is 0 Å². The molecule has 0 saturated carbocycles. The van der Waals surface area contributed by atoms with Crippen molar-refractivity contribution in [1.82, 2.24) is 0 Å². The monoisotopic (exact) mass is 260 g/mol. The molecule has 4 heteroatoms. The van der Waals surface area contributed by atoms with Gasteiger partial charge in [0.15, 0.2) is 0 Å². The van der Waals surface area contributed by atoms with E-state index in [4.69, 9.17) is 0 Å². The van der Waals surface area contributed by atoms with Crippen molar-refractivity contribution in [3.63, 3.8) is 0 Å². The van der Waals surface area contributed by atoms with Crippen molar-refractivity contribution in [2.45, 2.75) is 51.4 Å². The molecule has 0 bridgehead atoms. The van der Waals surface area contributed by atoms with Crippen molar-refractivity contribution >= 4 is 0 Å². The van der Waals surface area contributed by atoms with Gasteiger partial charge in [0, 0.05) is 12.5 Å². The predicted octanol–water partition coefficient (Wildman–Crippen LogP) is 4.86. The smallest absolute Gasteiger partial charge is 0.207 e. The fourth-order valence-electron chi connectivity index (χ4n) is 2.99. The van der Waals surface area contributed by atoms with Crippen LogP contribution in [-0.4, -0.2) is 0 Å². The van der Waals surface area contributed by atoms with Gasteiger partial charge in [-0.05, 0) is 22.5 Å². The van der Waals surface area contributed by atoms with E-state index in [0.717, 1.165) is 0 Å². The van der Waals surface area contributed by atoms with Crippen LogP contribution >= 0.6 is 0 Å². The summed E-state index contributed by atoms with van der Waals surface area (Å²) in [5, 5.41) is 0. The molecule has 0 N–H and O–H groups in total. The topological polar surface area (TPSA) is 0 Å². The predicted molar refractivity (Wildman–Crippen MR) is 62.0 cm³/mol. The van der Waals surface area contributed by atoms with Gasteiger partial charge in [0.05, 0.1) is 5.56 Å². The van der Waals surface area contributed by atoms with E-state index in [1.54, 1.807) is 27.7 Å². The van der Waals surface area contributed by atoms with Crippen LogP contribution in [0.15, 0.2) is 6.07 Å². The molecule has 0 saturated heterocycles. The largest absolute Gasteiger partial charge is 0.277 e. The fraction of sp³-hybridized carbons (Fsp3) is 0.571. The van der Waals surface area contributed by atoms with E-state index in [9.17, 15) is 17.6 Å². The summed E-state index contributed by atoms with van der Waals surface area (Å²) in [6.45, 7) is 6.67. The summed E-state index contributed by atoms with van der Waals surface area (Å²) < 4.78 is 55.4. The average molecular weight is 260 g/mol. The molecule has 1 aromatic carbocycles. The Hall–Kier alpha value is -1.06. The third-order valence-corrected chi connectivity index (χ3v) is 3.55. The van der Waals surface area contributed by atoms with Crippen LogP contribution in [0.25, 0.3) is 0 Å². The van der Waals surface area contributed by atoms with Crippen molar-refractivity contribution in [2.75, 3.05) is 0 Å². The molecule has 1 aromatic rings. The molecule has 1 aliphatic rings. The molecule has 2 rings (SSSR count). The molecule has 1 aliphatic carbocycles. The van der Waals surface area contributed by atoms with Crippen molar-refractivity contribution in [3.8, 4) is 0 Å². The van der Waals surface area contributed by atoms with Crippen LogP contribution in [0, 0.1) is 11.6 Å². The quantitative estimate of drug-likeness (QED) is 0.632. The summed E-state index contributed by atoms with van der Waals surface area (Å²) in [6.07, 6.45) is -0.477. The second-order valence-electron chi connectivity index (χ2n) is 5.92. The highest BCUT2D eigenvalue weighted by Crippen LogP contribution is 2.54. The van der Waals surface area contributed by atoms with Crippen molar-refractivity contribution < 1.29 is 17.6 Å². The molecule has 18 heavy (non-hydrogen) atoms. The number of hydrogen-bond donors (Lipinski definition) is 0. The molecule has 0 heterocycles. The summed E-state index contributed by atoms with van der Waals surface area (Å²) in [5.74, 6) is -5.35. The Morgan fingerprint density at radius 2 is 1.61 bits per heavy atom. The highest BCUT2D eigenvalue weighted by molar-refractivity contribution is 5.50. The first kappa shape index (κ1) is 13.4. The van der Waals surface area contributed by atoms with Gasteiger partial charge in [-0.2, -0.15) is 0 Å². The molecule has 0 aliphatic heterocycles. The van der Waals surface area contributed by atoms with Gasteiger partial charge in [-0.3, -0.25) is 0 Å². The summed E-state index contributed by atoms with van der Waals surface area (Å²) in [7, 11) is 0. The lowest BCUT2D eigenvalue weighted by atomic mass is 9.80. The van der Waals surface area contributed by atoms with E-state index in [1.165, 1.54) is 0 Å². The average Bonchev–Trinajstić information content (AvgIpc) is 2.30. The number of halogens is 4. The summed E-state index contributed by atoms with van der Waals surface area (Å²) >= 11 is 0. The minimum atomic E-state index is -3.22. The van der Waals surface area contributed by atoms with Gasteiger partial charge >= 0.3 is 0 Å². The van der Waals surface area contributed by atoms with Crippen LogP contribution < -0.4 is 0 Å². The van der Waals surface area contributed by atoms with E-state index in [-0.39, 0.29) is 17.0 Å². The molecule has 0 aromatic heterocycles. The first-order valence-corrected chi connectivity index (χ1v) is 5.98. The minimum Gasteiger partial charge on any atom is -0.207 e. The minimum absolute atomic E-state index is 0.153. The molecule has 0 fully saturated rings. The molecule has 0 amide bonds. The molecule has 0 radical (unpaired) electrons. The maximum Gasteiger partial charge on any atom is 0.277 e. The van der Waals surface area contributed by atoms with Gasteiger partial charge in [0.25, 0.3) is 5.92 Å². The summed E-state index contributed by atoms with van der Waals surface area (Å²) in [6, 6.07) is 0.587. The zero-order valence-electron chi connectivity index (χ0n) is 10.9. The lowest BCUT2D eigenvalue weighted by Crippen LogP contribution is -2.18. The molecular formula is C14H16F4. The fourth-order valence-corrected chi connectivity index (χ4v) is 2.99. The third kappa shape index (κ3) is 1.73. The normalized spacial score (nSPS) is 20.3. The second kappa shape index (κ2) is 3.72. The van der Waals surface area contributed by atoms with Gasteiger partial charge in [-0.15, -0.1) is 0 Å². The Bertz CT molecular complexity index is 501. The number of alkyl halides is 2. The lowest BCUT2D eigenvalue weighted by Gasteiger charge is -2.24. The Balaban J connectivity index is 2.88. The number of fused-ring (bicyclic) bond motifs is 1. The van der Waals surface area contributed by atoms with Gasteiger partial charge in [-0.1, -0.05) is 27.7 Å². The van der Waals surface area contributed by atoms with Crippen molar-refractivity contribution in [2.24, 2.45) is 0 Å². The summed E-state index contributed by atoms with van der Waals surface area (Å²) in [4.78, 5) is 0. The van der Waals surface area contributed by atoms with Crippen LogP contribution in [0.4, 0.5) is 17.6 Å². The second-order valence-corrected chi connectivity index (χ2v) is 5.92. The maximum atomic E-state index is 13.9. The third-order valence-electron chi connectivity index (χ3n) is 3.55. The highest BCUT2D eigenvalue weighted by Gasteiger charge is 2.52. The highest BCUT2D eigenvalue weighted by atomic mass is 19.3. The molecule has 0 nitrogen and oxygen atoms in total. The van der Waals surface area contributed by atoms with E-state index in [2.05, 4.69) is 0 Å². The Kier molecular flexibility index (Phi) is 2.76. The first-order valence-electron chi connectivity index (χ1n) is 5.98. The standard InChI is InChI=1S/C14H16F4/c1-7(2)10-8(15)5-9(16)11-12(10)13(3,4)6-14(11,17)18/h5,7H,6H2,1-4H3. The zero-order valence-corrected chi connectivity index (χ0v) is 10.9. The maximum absolute atomic E-state index is 13.9. The van der Waals surface area contributed by atoms with Crippen molar-refractivity contribution in [3.05, 3.63) is 34.4 Å². The molecule has 0 atom stereocenters. The Labute approximate surface area is 104 Å². The molecule has 100 valence electrons. The van der Waals surface area contributed by atoms with E-state index in [0.29, 0.717) is 6.07 Å². The van der Waals surface area contributed by atoms with Crippen LogP contribution in [0.1, 0.15) is 56.7 Å². The van der Waals surface area contributed by atoms with Crippen LogP contribution in [0.5, 0.6) is 0 Å². The zero-order chi connectivity index (χ0) is 13.9. The van der Waals surface area contributed by atoms with E-state index >= 15 is 0 Å². The summed E-state index contributed by atoms with van der Waals surface area (Å²) in [5.41, 5.74) is -1.16. The molecule has 0 spiro atoms. The van der Waals surface area contributed by atoms with Crippen LogP contribution in [0.3, 0.4) is 0 Å². The van der Waals surface area contributed by atoms with Gasteiger partial charge in [-0.25, -0.2) is 17.6 Å². The number of hydrogen-bond acceptors (Lipinski definition) is 0. The SMILES string of the molecule is CC(C)c1c(F)cc(F)c2c1C(C)(C)CC2(F)F. The number of rotatable bonds is 1. The van der Waals surface area contributed by atoms with Gasteiger partial charge in [0.1, 0.15) is 11.6 Å². The van der Waals surface area contributed by atoms with Gasteiger partial charge < -0.3 is 0 Å². The van der Waals surface area contributed by atoms with E-state index < -0.39 is 35.0 Å². The molecule has 0 unspecified atom stereocenters. The Morgan fingerprint density at radius 3 is 2.11 bits per heavy atom. The first-order chi connectivity index (χ1) is 8.08. The number of benzene rings is 1. The van der Waals surface area contributed by atoms with Crippen LogP contribution in [-0.2, 0) is 11.3 Å². The van der Waals surface area contributed by atoms with E-state index in [1.807, 2.05) is 0 Å². The molecular weight excluding hydrogens is 244 g/mol. The van der Waals surface area contributed by atoms with Gasteiger partial charge in [0.2, 0.25) is 0 Å².